The van der Waals surface area contributed by atoms with Crippen molar-refractivity contribution in [3.63, 3.8) is 0 Å². The minimum Gasteiger partial charge on any atom is -0.445 e. The van der Waals surface area contributed by atoms with Crippen LogP contribution < -0.4 is 5.32 Å². The number of amides is 2. The Kier molecular flexibility index (Phi) is 7.71. The third-order valence-electron chi connectivity index (χ3n) is 9.10. The molecule has 2 saturated carbocycles. The van der Waals surface area contributed by atoms with Crippen LogP contribution in [0.15, 0.2) is 24.3 Å². The van der Waals surface area contributed by atoms with Crippen LogP contribution in [-0.2, 0) is 9.53 Å². The molecule has 7 nitrogen and oxygen atoms in total. The molecule has 194 valence electrons. The van der Waals surface area contributed by atoms with Crippen molar-refractivity contribution in [2.75, 3.05) is 25.0 Å². The van der Waals surface area contributed by atoms with Crippen LogP contribution >= 0.6 is 0 Å². The summed E-state index contributed by atoms with van der Waals surface area (Å²) in [6, 6.07) is 5.61. The Balaban J connectivity index is 1.49. The molecule has 35 heavy (non-hydrogen) atoms. The first-order valence-corrected chi connectivity index (χ1v) is 13.0. The smallest absolute Gasteiger partial charge is 0.411 e. The second kappa shape index (κ2) is 10.4. The highest BCUT2D eigenvalue weighted by molar-refractivity contribution is 5.84. The van der Waals surface area contributed by atoms with Gasteiger partial charge in [-0.3, -0.25) is 10.1 Å². The fourth-order valence-corrected chi connectivity index (χ4v) is 7.08. The van der Waals surface area contributed by atoms with Crippen LogP contribution in [0.1, 0.15) is 65.2 Å². The normalized spacial score (nSPS) is 35.2. The first-order valence-electron chi connectivity index (χ1n) is 13.0. The zero-order chi connectivity index (χ0) is 25.2. The Labute approximate surface area is 207 Å². The topological polar surface area (TPSA) is 99.1 Å². The van der Waals surface area contributed by atoms with Gasteiger partial charge in [-0.25, -0.2) is 9.18 Å². The van der Waals surface area contributed by atoms with E-state index in [2.05, 4.69) is 12.2 Å². The first kappa shape index (κ1) is 25.9. The lowest BCUT2D eigenvalue weighted by atomic mass is 9.46. The van der Waals surface area contributed by atoms with Gasteiger partial charge in [-0.2, -0.15) is 0 Å². The number of aliphatic hydroxyl groups excluding tert-OH is 2. The standard InChI is InChI=1S/C27H39FN2O5/c1-26-12-11-23(35-25(34)29-19-8-6-7-18(28)15-19)27(2,17-31)22(26)10-9-21(32)20(26)16-24(33)30-13-4-3-5-14-30/h6-8,15,20-23,31-32H,3-5,9-14,16-17H2,1-2H3,(H,29,34). The van der Waals surface area contributed by atoms with Crippen molar-refractivity contribution in [3.8, 4) is 0 Å². The summed E-state index contributed by atoms with van der Waals surface area (Å²) in [4.78, 5) is 27.7. The molecule has 3 aliphatic rings. The minimum atomic E-state index is -0.723. The van der Waals surface area contributed by atoms with E-state index in [1.165, 1.54) is 18.2 Å². The summed E-state index contributed by atoms with van der Waals surface area (Å²) < 4.78 is 19.3. The number of rotatable bonds is 5. The summed E-state index contributed by atoms with van der Waals surface area (Å²) in [7, 11) is 0. The van der Waals surface area contributed by atoms with Crippen LogP contribution in [0.4, 0.5) is 14.9 Å². The number of benzene rings is 1. The monoisotopic (exact) mass is 490 g/mol. The van der Waals surface area contributed by atoms with Crippen molar-refractivity contribution in [1.29, 1.82) is 0 Å². The van der Waals surface area contributed by atoms with Crippen LogP contribution in [0, 0.1) is 28.5 Å². The van der Waals surface area contributed by atoms with Gasteiger partial charge in [0.15, 0.2) is 0 Å². The van der Waals surface area contributed by atoms with Crippen LogP contribution in [0.3, 0.4) is 0 Å². The lowest BCUT2D eigenvalue weighted by Crippen LogP contribution is -2.61. The van der Waals surface area contributed by atoms with Gasteiger partial charge in [-0.15, -0.1) is 0 Å². The Morgan fingerprint density at radius 3 is 2.60 bits per heavy atom. The molecule has 2 aliphatic carbocycles. The quantitative estimate of drug-likeness (QED) is 0.571. The number of fused-ring (bicyclic) bond motifs is 1. The molecule has 0 bridgehead atoms. The molecule has 0 aromatic heterocycles. The highest BCUT2D eigenvalue weighted by Crippen LogP contribution is 2.61. The van der Waals surface area contributed by atoms with E-state index in [0.29, 0.717) is 37.8 Å². The number of carbonyl (C=O) groups is 2. The number of halogens is 1. The van der Waals surface area contributed by atoms with Crippen LogP contribution in [-0.4, -0.2) is 59.0 Å². The van der Waals surface area contributed by atoms with Crippen molar-refractivity contribution < 1.29 is 28.9 Å². The van der Waals surface area contributed by atoms with Gasteiger partial charge >= 0.3 is 6.09 Å². The fourth-order valence-electron chi connectivity index (χ4n) is 7.08. The predicted octanol–water partition coefficient (Wildman–Crippen LogP) is 4.33. The Morgan fingerprint density at radius 2 is 1.91 bits per heavy atom. The average molecular weight is 491 g/mol. The van der Waals surface area contributed by atoms with E-state index >= 15 is 0 Å². The maximum Gasteiger partial charge on any atom is 0.411 e. The van der Waals surface area contributed by atoms with Gasteiger partial charge in [0, 0.05) is 30.6 Å². The van der Waals surface area contributed by atoms with Crippen molar-refractivity contribution in [2.45, 2.75) is 77.4 Å². The van der Waals surface area contributed by atoms with Gasteiger partial charge in [0.25, 0.3) is 0 Å². The SMILES string of the molecule is CC1(CO)C(OC(=O)Nc2cccc(F)c2)CCC2(C)C(CC(=O)N3CCCCC3)C(O)CCC12. The molecular formula is C27H39FN2O5. The minimum absolute atomic E-state index is 0.0247. The predicted molar refractivity (Wildman–Crippen MR) is 130 cm³/mol. The molecule has 1 heterocycles. The van der Waals surface area contributed by atoms with Gasteiger partial charge in [0.05, 0.1) is 12.7 Å². The summed E-state index contributed by atoms with van der Waals surface area (Å²) in [5.74, 6) is -0.580. The molecule has 1 aromatic rings. The molecule has 6 atom stereocenters. The Bertz CT molecular complexity index is 923. The number of piperidine rings is 1. The molecule has 2 amide bonds. The zero-order valence-corrected chi connectivity index (χ0v) is 20.8. The highest BCUT2D eigenvalue weighted by atomic mass is 19.1. The van der Waals surface area contributed by atoms with Gasteiger partial charge in [-0.1, -0.05) is 19.9 Å². The Hall–Kier alpha value is -2.19. The van der Waals surface area contributed by atoms with E-state index in [1.54, 1.807) is 6.07 Å². The maximum absolute atomic E-state index is 13.5. The van der Waals surface area contributed by atoms with Gasteiger partial charge in [0.2, 0.25) is 5.91 Å². The molecular weight excluding hydrogens is 451 g/mol. The second-order valence-corrected chi connectivity index (χ2v) is 11.2. The second-order valence-electron chi connectivity index (χ2n) is 11.2. The third-order valence-corrected chi connectivity index (χ3v) is 9.10. The molecule has 1 saturated heterocycles. The molecule has 4 rings (SSSR count). The number of hydrogen-bond acceptors (Lipinski definition) is 5. The third kappa shape index (κ3) is 5.19. The number of likely N-dealkylation sites (tertiary alicyclic amines) is 1. The summed E-state index contributed by atoms with van der Waals surface area (Å²) in [5.41, 5.74) is -0.781. The molecule has 0 radical (unpaired) electrons. The number of hydrogen-bond donors (Lipinski definition) is 3. The van der Waals surface area contributed by atoms with E-state index in [9.17, 15) is 24.2 Å². The number of aliphatic hydroxyl groups is 2. The van der Waals surface area contributed by atoms with E-state index < -0.39 is 29.5 Å². The van der Waals surface area contributed by atoms with E-state index in [1.807, 2.05) is 11.8 Å². The van der Waals surface area contributed by atoms with Crippen LogP contribution in [0.5, 0.6) is 0 Å². The number of carbonyl (C=O) groups excluding carboxylic acids is 2. The summed E-state index contributed by atoms with van der Waals surface area (Å²) in [6.07, 6.45) is 4.16. The van der Waals surface area contributed by atoms with Gasteiger partial charge in [-0.05, 0) is 80.4 Å². The number of anilines is 1. The number of nitrogens with one attached hydrogen (secondary N) is 1. The average Bonchev–Trinajstić information content (AvgIpc) is 2.84. The van der Waals surface area contributed by atoms with Crippen LogP contribution in [0.2, 0.25) is 0 Å². The maximum atomic E-state index is 13.5. The molecule has 0 spiro atoms. The number of nitrogens with zero attached hydrogens (tertiary/aromatic N) is 1. The summed E-state index contributed by atoms with van der Waals surface area (Å²) >= 11 is 0. The fraction of sp³-hybridized carbons (Fsp3) is 0.704. The molecule has 6 unspecified atom stereocenters. The van der Waals surface area contributed by atoms with E-state index in [4.69, 9.17) is 4.74 Å². The van der Waals surface area contributed by atoms with Crippen molar-refractivity contribution >= 4 is 17.7 Å². The lowest BCUT2D eigenvalue weighted by Gasteiger charge is -2.60. The first-order chi connectivity index (χ1) is 16.7. The molecule has 1 aromatic carbocycles. The van der Waals surface area contributed by atoms with Crippen molar-refractivity contribution in [2.24, 2.45) is 22.7 Å². The van der Waals surface area contributed by atoms with E-state index in [-0.39, 0.29) is 29.8 Å². The number of ether oxygens (including phenoxy) is 1. The highest BCUT2D eigenvalue weighted by Gasteiger charge is 2.60. The largest absolute Gasteiger partial charge is 0.445 e. The van der Waals surface area contributed by atoms with E-state index in [0.717, 1.165) is 32.4 Å². The Morgan fingerprint density at radius 1 is 1.17 bits per heavy atom. The molecule has 3 N–H and O–H groups in total. The lowest BCUT2D eigenvalue weighted by molar-refractivity contribution is -0.186. The van der Waals surface area contributed by atoms with Crippen LogP contribution in [0.25, 0.3) is 0 Å². The molecule has 3 fully saturated rings. The summed E-state index contributed by atoms with van der Waals surface area (Å²) in [6.45, 7) is 5.47. The van der Waals surface area contributed by atoms with Crippen molar-refractivity contribution in [3.05, 3.63) is 30.1 Å². The summed E-state index contributed by atoms with van der Waals surface area (Å²) in [5, 5.41) is 24.1. The molecule has 8 heteroatoms. The van der Waals surface area contributed by atoms with Gasteiger partial charge < -0.3 is 19.8 Å². The molecule has 1 aliphatic heterocycles. The zero-order valence-electron chi connectivity index (χ0n) is 20.8. The van der Waals surface area contributed by atoms with Gasteiger partial charge in [0.1, 0.15) is 11.9 Å². The van der Waals surface area contributed by atoms with Crippen molar-refractivity contribution in [1.82, 2.24) is 4.90 Å².